The lowest BCUT2D eigenvalue weighted by atomic mass is 9.98. The van der Waals surface area contributed by atoms with Crippen LogP contribution in [0.2, 0.25) is 0 Å². The van der Waals surface area contributed by atoms with Gasteiger partial charge in [0.1, 0.15) is 0 Å². The lowest BCUT2D eigenvalue weighted by molar-refractivity contribution is -0.132. The Morgan fingerprint density at radius 3 is 2.93 bits per heavy atom. The Morgan fingerprint density at radius 1 is 1.22 bits per heavy atom. The van der Waals surface area contributed by atoms with Crippen LogP contribution in [0, 0.1) is 0 Å². The molecule has 27 heavy (non-hydrogen) atoms. The lowest BCUT2D eigenvalue weighted by Gasteiger charge is -2.31. The molecule has 140 valence electrons. The van der Waals surface area contributed by atoms with Crippen LogP contribution >= 0.6 is 23.1 Å². The molecular formula is C20H21N3O2S2. The van der Waals surface area contributed by atoms with Crippen LogP contribution in [0.5, 0.6) is 0 Å². The zero-order valence-corrected chi connectivity index (χ0v) is 16.5. The second-order valence-corrected chi connectivity index (χ2v) is 8.63. The Hall–Kier alpha value is -2.12. The van der Waals surface area contributed by atoms with E-state index in [0.717, 1.165) is 30.0 Å². The van der Waals surface area contributed by atoms with Gasteiger partial charge in [-0.1, -0.05) is 24.3 Å². The summed E-state index contributed by atoms with van der Waals surface area (Å²) in [5, 5.41) is 10.4. The van der Waals surface area contributed by atoms with Crippen LogP contribution in [0.4, 0.5) is 0 Å². The third-order valence-electron chi connectivity index (χ3n) is 4.62. The first-order valence-corrected chi connectivity index (χ1v) is 11.0. The highest BCUT2D eigenvalue weighted by Crippen LogP contribution is 2.30. The fourth-order valence-corrected chi connectivity index (χ4v) is 4.74. The number of rotatable bonds is 6. The number of thioether (sulfide) groups is 1. The first kappa shape index (κ1) is 18.3. The fraction of sp³-hybridized carbons (Fsp3) is 0.350. The normalized spacial score (nSPS) is 17.2. The van der Waals surface area contributed by atoms with Crippen LogP contribution < -0.4 is 0 Å². The maximum absolute atomic E-state index is 12.6. The highest BCUT2D eigenvalue weighted by atomic mass is 32.2. The largest absolute Gasteiger partial charge is 0.420 e. The molecule has 1 aliphatic heterocycles. The van der Waals surface area contributed by atoms with Crippen LogP contribution in [-0.2, 0) is 4.79 Å². The number of thiophene rings is 1. The van der Waals surface area contributed by atoms with Crippen LogP contribution in [0.3, 0.4) is 0 Å². The van der Waals surface area contributed by atoms with Gasteiger partial charge in [-0.15, -0.1) is 33.3 Å². The molecule has 0 unspecified atom stereocenters. The summed E-state index contributed by atoms with van der Waals surface area (Å²) in [5.41, 5.74) is 0. The van der Waals surface area contributed by atoms with Crippen molar-refractivity contribution in [2.24, 2.45) is 0 Å². The van der Waals surface area contributed by atoms with Crippen molar-refractivity contribution < 1.29 is 9.21 Å². The van der Waals surface area contributed by atoms with Gasteiger partial charge in [0.05, 0.1) is 10.8 Å². The van der Waals surface area contributed by atoms with Crippen molar-refractivity contribution in [1.29, 1.82) is 0 Å². The number of hydrogen-bond acceptors (Lipinski definition) is 6. The average molecular weight is 400 g/mol. The van der Waals surface area contributed by atoms with E-state index in [1.165, 1.54) is 4.90 Å². The van der Waals surface area contributed by atoms with Crippen molar-refractivity contribution in [2.75, 3.05) is 18.8 Å². The monoisotopic (exact) mass is 399 g/mol. The second kappa shape index (κ2) is 8.71. The summed E-state index contributed by atoms with van der Waals surface area (Å²) in [4.78, 5) is 16.7. The third-order valence-corrected chi connectivity index (χ3v) is 6.50. The van der Waals surface area contributed by atoms with Gasteiger partial charge in [-0.3, -0.25) is 4.79 Å². The van der Waals surface area contributed by atoms with Crippen molar-refractivity contribution in [3.8, 4) is 10.8 Å². The number of piperidine rings is 1. The minimum atomic E-state index is 0.130. The summed E-state index contributed by atoms with van der Waals surface area (Å²) in [7, 11) is 0. The molecule has 1 aromatic carbocycles. The van der Waals surface area contributed by atoms with E-state index in [1.807, 2.05) is 40.6 Å². The number of amides is 1. The molecule has 1 amide bonds. The quantitative estimate of drug-likeness (QED) is 0.563. The molecule has 1 atom stereocenters. The van der Waals surface area contributed by atoms with Gasteiger partial charge in [0.2, 0.25) is 11.8 Å². The van der Waals surface area contributed by atoms with Crippen molar-refractivity contribution in [3.05, 3.63) is 53.7 Å². The minimum Gasteiger partial charge on any atom is -0.420 e. The van der Waals surface area contributed by atoms with Gasteiger partial charge >= 0.3 is 0 Å². The summed E-state index contributed by atoms with van der Waals surface area (Å²) in [6, 6.07) is 14.1. The summed E-state index contributed by atoms with van der Waals surface area (Å²) < 4.78 is 5.88. The molecule has 2 aromatic heterocycles. The fourth-order valence-electron chi connectivity index (χ4n) is 3.24. The summed E-state index contributed by atoms with van der Waals surface area (Å²) in [6.07, 6.45) is 2.50. The molecule has 3 aromatic rings. The zero-order valence-electron chi connectivity index (χ0n) is 14.9. The maximum atomic E-state index is 12.6. The molecule has 5 nitrogen and oxygen atoms in total. The van der Waals surface area contributed by atoms with Gasteiger partial charge in [0.15, 0.2) is 0 Å². The van der Waals surface area contributed by atoms with Gasteiger partial charge in [0.25, 0.3) is 5.89 Å². The minimum absolute atomic E-state index is 0.130. The standard InChI is InChI=1S/C20H21N3O2S2/c24-18(10-13-26-16-7-2-1-3-8-16)23-11-4-6-15(14-23)19-21-22-20(25-19)17-9-5-12-27-17/h1-3,5,7-9,12,15H,4,6,10-11,13-14H2/t15-/m1/s1. The van der Waals surface area contributed by atoms with Crippen molar-refractivity contribution >= 4 is 29.0 Å². The Labute approximate surface area is 166 Å². The zero-order chi connectivity index (χ0) is 18.5. The smallest absolute Gasteiger partial charge is 0.257 e. The molecule has 4 rings (SSSR count). The number of carbonyl (C=O) groups is 1. The molecule has 7 heteroatoms. The van der Waals surface area contributed by atoms with E-state index >= 15 is 0 Å². The van der Waals surface area contributed by atoms with E-state index in [1.54, 1.807) is 23.1 Å². The molecule has 1 aliphatic rings. The van der Waals surface area contributed by atoms with Crippen LogP contribution in [0.15, 0.2) is 57.2 Å². The average Bonchev–Trinajstić information content (AvgIpc) is 3.40. The maximum Gasteiger partial charge on any atom is 0.257 e. The summed E-state index contributed by atoms with van der Waals surface area (Å²) in [5.74, 6) is 2.36. The van der Waals surface area contributed by atoms with E-state index in [4.69, 9.17) is 4.42 Å². The van der Waals surface area contributed by atoms with Crippen LogP contribution in [0.1, 0.15) is 31.1 Å². The van der Waals surface area contributed by atoms with E-state index in [-0.39, 0.29) is 11.8 Å². The molecule has 3 heterocycles. The predicted molar refractivity (Wildman–Crippen MR) is 108 cm³/mol. The highest BCUT2D eigenvalue weighted by molar-refractivity contribution is 7.99. The molecule has 0 radical (unpaired) electrons. The topological polar surface area (TPSA) is 59.2 Å². The van der Waals surface area contributed by atoms with E-state index in [0.29, 0.717) is 24.7 Å². The molecule has 1 fully saturated rings. The van der Waals surface area contributed by atoms with Gasteiger partial charge < -0.3 is 9.32 Å². The molecule has 1 saturated heterocycles. The van der Waals surface area contributed by atoms with Crippen molar-refractivity contribution in [1.82, 2.24) is 15.1 Å². The Bertz CT molecular complexity index is 865. The number of hydrogen-bond donors (Lipinski definition) is 0. The second-order valence-electron chi connectivity index (χ2n) is 6.51. The van der Waals surface area contributed by atoms with Crippen molar-refractivity contribution in [3.63, 3.8) is 0 Å². The first-order valence-electron chi connectivity index (χ1n) is 9.12. The van der Waals surface area contributed by atoms with Crippen molar-refractivity contribution in [2.45, 2.75) is 30.1 Å². The first-order chi connectivity index (χ1) is 13.3. The number of carbonyl (C=O) groups excluding carboxylic acids is 1. The molecule has 0 aliphatic carbocycles. The highest BCUT2D eigenvalue weighted by Gasteiger charge is 2.28. The van der Waals surface area contributed by atoms with E-state index < -0.39 is 0 Å². The summed E-state index contributed by atoms with van der Waals surface area (Å²) in [6.45, 7) is 1.48. The van der Waals surface area contributed by atoms with Gasteiger partial charge in [-0.2, -0.15) is 0 Å². The third kappa shape index (κ3) is 4.59. The summed E-state index contributed by atoms with van der Waals surface area (Å²) >= 11 is 3.31. The van der Waals surface area contributed by atoms with E-state index in [2.05, 4.69) is 22.3 Å². The molecule has 0 saturated carbocycles. The molecular weight excluding hydrogens is 378 g/mol. The molecule has 0 spiro atoms. The Kier molecular flexibility index (Phi) is 5.89. The van der Waals surface area contributed by atoms with Gasteiger partial charge in [-0.25, -0.2) is 0 Å². The van der Waals surface area contributed by atoms with E-state index in [9.17, 15) is 4.79 Å². The predicted octanol–water partition coefficient (Wildman–Crippen LogP) is 4.69. The lowest BCUT2D eigenvalue weighted by Crippen LogP contribution is -2.39. The van der Waals surface area contributed by atoms with Crippen LogP contribution in [-0.4, -0.2) is 39.8 Å². The Balaban J connectivity index is 1.32. The number of benzene rings is 1. The molecule has 0 bridgehead atoms. The van der Waals surface area contributed by atoms with Gasteiger partial charge in [0, 0.05) is 30.2 Å². The van der Waals surface area contributed by atoms with Gasteiger partial charge in [-0.05, 0) is 36.4 Å². The van der Waals surface area contributed by atoms with Crippen LogP contribution in [0.25, 0.3) is 10.8 Å². The number of likely N-dealkylation sites (tertiary alicyclic amines) is 1. The number of aromatic nitrogens is 2. The molecule has 0 N–H and O–H groups in total. The number of nitrogens with zero attached hydrogens (tertiary/aromatic N) is 3. The Morgan fingerprint density at radius 2 is 2.11 bits per heavy atom. The SMILES string of the molecule is O=C(CCSc1ccccc1)N1CCC[C@@H](c2nnc(-c3cccs3)o2)C1.